The molecular weight excluding hydrogens is 166 g/mol. The Balaban J connectivity index is 3.22. The third-order valence-electron chi connectivity index (χ3n) is 1.21. The van der Waals surface area contributed by atoms with E-state index in [9.17, 15) is 9.70 Å². The number of carbonyl (C=O) groups excluding carboxylic acids is 1. The minimum atomic E-state index is 0.205. The molecule has 0 radical (unpaired) electrons. The number of hydrogen-bond donors (Lipinski definition) is 0. The molecule has 11 heavy (non-hydrogen) atoms. The number of nitroso groups, excluding NO2 is 1. The molecule has 0 heterocycles. The van der Waals surface area contributed by atoms with Crippen molar-refractivity contribution in [2.24, 2.45) is 5.18 Å². The van der Waals surface area contributed by atoms with Crippen LogP contribution < -0.4 is 0 Å². The van der Waals surface area contributed by atoms with Crippen LogP contribution in [0.15, 0.2) is 23.4 Å². The van der Waals surface area contributed by atoms with Gasteiger partial charge in [0.2, 0.25) is 0 Å². The van der Waals surface area contributed by atoms with E-state index in [-0.39, 0.29) is 11.3 Å². The van der Waals surface area contributed by atoms with Gasteiger partial charge in [-0.3, -0.25) is 4.79 Å². The Kier molecular flexibility index (Phi) is 2.33. The molecule has 0 unspecified atom stereocenters. The lowest BCUT2D eigenvalue weighted by Gasteiger charge is -1.93. The first-order valence-electron chi connectivity index (χ1n) is 2.86. The predicted molar refractivity (Wildman–Crippen MR) is 42.3 cm³/mol. The molecule has 0 aliphatic rings. The number of rotatable bonds is 2. The average Bonchev–Trinajstić information content (AvgIpc) is 2.05. The van der Waals surface area contributed by atoms with Gasteiger partial charge in [0, 0.05) is 5.56 Å². The monoisotopic (exact) mass is 169 g/mol. The summed E-state index contributed by atoms with van der Waals surface area (Å²) in [5.41, 5.74) is 0.486. The van der Waals surface area contributed by atoms with Crippen LogP contribution in [-0.4, -0.2) is 6.29 Å². The number of benzene rings is 1. The second-order valence-electron chi connectivity index (χ2n) is 1.91. The lowest BCUT2D eigenvalue weighted by molar-refractivity contribution is 0.112. The van der Waals surface area contributed by atoms with Gasteiger partial charge in [-0.05, 0) is 23.4 Å². The zero-order valence-corrected chi connectivity index (χ0v) is 6.21. The molecule has 0 aliphatic carbocycles. The van der Waals surface area contributed by atoms with Gasteiger partial charge in [-0.1, -0.05) is 11.6 Å². The summed E-state index contributed by atoms with van der Waals surface area (Å²) in [6.07, 6.45) is 0.580. The van der Waals surface area contributed by atoms with Crippen molar-refractivity contribution in [3.05, 3.63) is 33.7 Å². The molecule has 0 N–H and O–H groups in total. The van der Waals surface area contributed by atoms with E-state index in [4.69, 9.17) is 11.6 Å². The van der Waals surface area contributed by atoms with Crippen LogP contribution in [0.5, 0.6) is 0 Å². The second-order valence-corrected chi connectivity index (χ2v) is 2.32. The van der Waals surface area contributed by atoms with Gasteiger partial charge < -0.3 is 0 Å². The Morgan fingerprint density at radius 2 is 2.18 bits per heavy atom. The van der Waals surface area contributed by atoms with Crippen molar-refractivity contribution in [1.29, 1.82) is 0 Å². The SMILES string of the molecule is O=Cc1cc(N=O)ccc1Cl. The third-order valence-corrected chi connectivity index (χ3v) is 1.56. The van der Waals surface area contributed by atoms with Gasteiger partial charge in [0.15, 0.2) is 6.29 Å². The van der Waals surface area contributed by atoms with Crippen molar-refractivity contribution in [2.75, 3.05) is 0 Å². The number of aldehydes is 1. The van der Waals surface area contributed by atoms with Gasteiger partial charge in [-0.2, -0.15) is 0 Å². The second kappa shape index (κ2) is 3.25. The van der Waals surface area contributed by atoms with Gasteiger partial charge in [0.25, 0.3) is 0 Å². The van der Waals surface area contributed by atoms with Gasteiger partial charge >= 0.3 is 0 Å². The smallest absolute Gasteiger partial charge is 0.151 e. The Bertz CT molecular complexity index is 298. The topological polar surface area (TPSA) is 46.5 Å². The molecule has 0 aliphatic heterocycles. The molecule has 0 saturated heterocycles. The molecule has 1 rings (SSSR count). The highest BCUT2D eigenvalue weighted by Gasteiger charge is 1.99. The standard InChI is InChI=1S/C7H4ClNO2/c8-7-2-1-6(9-11)3-5(7)4-10/h1-4H. The molecule has 0 atom stereocenters. The highest BCUT2D eigenvalue weighted by Crippen LogP contribution is 2.20. The summed E-state index contributed by atoms with van der Waals surface area (Å²) in [5.74, 6) is 0. The number of carbonyl (C=O) groups is 1. The highest BCUT2D eigenvalue weighted by atomic mass is 35.5. The Morgan fingerprint density at radius 1 is 1.45 bits per heavy atom. The van der Waals surface area contributed by atoms with Crippen molar-refractivity contribution in [1.82, 2.24) is 0 Å². The zero-order valence-electron chi connectivity index (χ0n) is 5.45. The van der Waals surface area contributed by atoms with Crippen LogP contribution in [-0.2, 0) is 0 Å². The summed E-state index contributed by atoms with van der Waals surface area (Å²) in [6, 6.07) is 4.24. The quantitative estimate of drug-likeness (QED) is 0.505. The number of hydrogen-bond acceptors (Lipinski definition) is 3. The van der Waals surface area contributed by atoms with Gasteiger partial charge in [0.1, 0.15) is 5.69 Å². The summed E-state index contributed by atoms with van der Waals surface area (Å²) in [4.78, 5) is 20.2. The first-order valence-corrected chi connectivity index (χ1v) is 3.24. The normalized spacial score (nSPS) is 9.18. The predicted octanol–water partition coefficient (Wildman–Crippen LogP) is 2.55. The summed E-state index contributed by atoms with van der Waals surface area (Å²) in [7, 11) is 0. The molecule has 0 saturated carbocycles. The van der Waals surface area contributed by atoms with Crippen LogP contribution in [0.3, 0.4) is 0 Å². The molecular formula is C7H4ClNO2. The highest BCUT2D eigenvalue weighted by molar-refractivity contribution is 6.33. The number of nitrogens with zero attached hydrogens (tertiary/aromatic N) is 1. The molecule has 0 fully saturated rings. The maximum atomic E-state index is 10.3. The van der Waals surface area contributed by atoms with Crippen molar-refractivity contribution in [3.63, 3.8) is 0 Å². The van der Waals surface area contributed by atoms with Crippen molar-refractivity contribution >= 4 is 23.6 Å². The fourth-order valence-electron chi connectivity index (χ4n) is 0.678. The average molecular weight is 170 g/mol. The first-order chi connectivity index (χ1) is 5.27. The Labute approximate surface area is 68.0 Å². The fraction of sp³-hybridized carbons (Fsp3) is 0. The minimum Gasteiger partial charge on any atom is -0.298 e. The van der Waals surface area contributed by atoms with Gasteiger partial charge in [-0.15, -0.1) is 4.91 Å². The van der Waals surface area contributed by atoms with Crippen LogP contribution in [0, 0.1) is 4.91 Å². The summed E-state index contributed by atoms with van der Waals surface area (Å²) in [5, 5.41) is 2.98. The van der Waals surface area contributed by atoms with Crippen LogP contribution >= 0.6 is 11.6 Å². The van der Waals surface area contributed by atoms with Crippen LogP contribution in [0.2, 0.25) is 5.02 Å². The van der Waals surface area contributed by atoms with Crippen molar-refractivity contribution in [3.8, 4) is 0 Å². The molecule has 3 nitrogen and oxygen atoms in total. The summed E-state index contributed by atoms with van der Waals surface area (Å²) < 4.78 is 0. The summed E-state index contributed by atoms with van der Waals surface area (Å²) >= 11 is 5.58. The molecule has 56 valence electrons. The molecule has 0 bridgehead atoms. The first kappa shape index (κ1) is 7.88. The Morgan fingerprint density at radius 3 is 2.73 bits per heavy atom. The lowest BCUT2D eigenvalue weighted by Crippen LogP contribution is -1.79. The summed E-state index contributed by atoms with van der Waals surface area (Å²) in [6.45, 7) is 0. The largest absolute Gasteiger partial charge is 0.298 e. The van der Waals surface area contributed by atoms with E-state index >= 15 is 0 Å². The van der Waals surface area contributed by atoms with Crippen LogP contribution in [0.25, 0.3) is 0 Å². The lowest BCUT2D eigenvalue weighted by atomic mass is 10.2. The minimum absolute atomic E-state index is 0.205. The van der Waals surface area contributed by atoms with E-state index in [2.05, 4.69) is 5.18 Å². The molecule has 4 heteroatoms. The maximum absolute atomic E-state index is 10.3. The van der Waals surface area contributed by atoms with E-state index in [1.54, 1.807) is 0 Å². The van der Waals surface area contributed by atoms with E-state index in [0.717, 1.165) is 0 Å². The Hall–Kier alpha value is -1.22. The van der Waals surface area contributed by atoms with E-state index < -0.39 is 0 Å². The van der Waals surface area contributed by atoms with E-state index in [0.29, 0.717) is 11.3 Å². The molecule has 0 aromatic heterocycles. The van der Waals surface area contributed by atoms with E-state index in [1.165, 1.54) is 18.2 Å². The molecule has 1 aromatic rings. The molecule has 0 amide bonds. The zero-order chi connectivity index (χ0) is 8.27. The van der Waals surface area contributed by atoms with Crippen LogP contribution in [0.4, 0.5) is 5.69 Å². The van der Waals surface area contributed by atoms with Crippen LogP contribution in [0.1, 0.15) is 10.4 Å². The molecule has 0 spiro atoms. The third kappa shape index (κ3) is 1.62. The maximum Gasteiger partial charge on any atom is 0.151 e. The van der Waals surface area contributed by atoms with Crippen molar-refractivity contribution in [2.45, 2.75) is 0 Å². The van der Waals surface area contributed by atoms with Gasteiger partial charge in [-0.25, -0.2) is 0 Å². The molecule has 1 aromatic carbocycles. The van der Waals surface area contributed by atoms with Gasteiger partial charge in [0.05, 0.1) is 5.02 Å². The number of halogens is 1. The van der Waals surface area contributed by atoms with Crippen molar-refractivity contribution < 1.29 is 4.79 Å². The fourth-order valence-corrected chi connectivity index (χ4v) is 0.840. The van der Waals surface area contributed by atoms with E-state index in [1.807, 2.05) is 0 Å².